The van der Waals surface area contributed by atoms with Crippen molar-refractivity contribution in [3.8, 4) is 11.1 Å². The first-order valence-corrected chi connectivity index (χ1v) is 5.58. The van der Waals surface area contributed by atoms with Crippen LogP contribution in [0.3, 0.4) is 0 Å². The highest BCUT2D eigenvalue weighted by atomic mass is 19.1. The SMILES string of the molecule is Cc1cc(-c2cccc(F)c2)cc(C)c1CO. The van der Waals surface area contributed by atoms with E-state index in [4.69, 9.17) is 0 Å². The summed E-state index contributed by atoms with van der Waals surface area (Å²) >= 11 is 0. The third-order valence-electron chi connectivity index (χ3n) is 3.01. The summed E-state index contributed by atoms with van der Waals surface area (Å²) in [5.41, 5.74) is 4.86. The highest BCUT2D eigenvalue weighted by Gasteiger charge is 2.06. The first kappa shape index (κ1) is 11.8. The van der Waals surface area contributed by atoms with Crippen molar-refractivity contribution >= 4 is 0 Å². The molecular weight excluding hydrogens is 215 g/mol. The molecule has 2 heteroatoms. The van der Waals surface area contributed by atoms with Crippen LogP contribution in [0.15, 0.2) is 36.4 Å². The number of hydrogen-bond acceptors (Lipinski definition) is 1. The van der Waals surface area contributed by atoms with Gasteiger partial charge < -0.3 is 5.11 Å². The summed E-state index contributed by atoms with van der Waals surface area (Å²) in [6.45, 7) is 3.96. The van der Waals surface area contributed by atoms with Gasteiger partial charge in [0, 0.05) is 0 Å². The minimum Gasteiger partial charge on any atom is -0.392 e. The Morgan fingerprint density at radius 2 is 1.65 bits per heavy atom. The second-order valence-electron chi connectivity index (χ2n) is 4.26. The van der Waals surface area contributed by atoms with Crippen molar-refractivity contribution in [3.63, 3.8) is 0 Å². The fraction of sp³-hybridized carbons (Fsp3) is 0.200. The Morgan fingerprint density at radius 1 is 1.00 bits per heavy atom. The third kappa shape index (κ3) is 2.37. The number of rotatable bonds is 2. The molecule has 0 spiro atoms. The molecule has 0 aliphatic heterocycles. The summed E-state index contributed by atoms with van der Waals surface area (Å²) < 4.78 is 13.2. The fourth-order valence-corrected chi connectivity index (χ4v) is 2.08. The van der Waals surface area contributed by atoms with Gasteiger partial charge in [0.2, 0.25) is 0 Å². The van der Waals surface area contributed by atoms with Crippen molar-refractivity contribution in [1.82, 2.24) is 0 Å². The predicted octanol–water partition coefficient (Wildman–Crippen LogP) is 3.60. The molecule has 0 bridgehead atoms. The van der Waals surface area contributed by atoms with Gasteiger partial charge in [-0.25, -0.2) is 4.39 Å². The van der Waals surface area contributed by atoms with Crippen LogP contribution in [-0.4, -0.2) is 5.11 Å². The van der Waals surface area contributed by atoms with Crippen LogP contribution in [0.5, 0.6) is 0 Å². The number of aryl methyl sites for hydroxylation is 2. The van der Waals surface area contributed by atoms with Crippen LogP contribution in [0.2, 0.25) is 0 Å². The largest absolute Gasteiger partial charge is 0.392 e. The summed E-state index contributed by atoms with van der Waals surface area (Å²) in [4.78, 5) is 0. The van der Waals surface area contributed by atoms with Crippen LogP contribution in [-0.2, 0) is 6.61 Å². The lowest BCUT2D eigenvalue weighted by atomic mass is 9.96. The van der Waals surface area contributed by atoms with Gasteiger partial charge in [-0.1, -0.05) is 24.3 Å². The predicted molar refractivity (Wildman–Crippen MR) is 67.2 cm³/mol. The topological polar surface area (TPSA) is 20.2 Å². The van der Waals surface area contributed by atoms with Gasteiger partial charge in [-0.05, 0) is 53.8 Å². The molecule has 0 aliphatic carbocycles. The molecule has 0 aromatic heterocycles. The lowest BCUT2D eigenvalue weighted by molar-refractivity contribution is 0.280. The van der Waals surface area contributed by atoms with Crippen molar-refractivity contribution in [2.45, 2.75) is 20.5 Å². The van der Waals surface area contributed by atoms with E-state index >= 15 is 0 Å². The Morgan fingerprint density at radius 3 is 2.18 bits per heavy atom. The zero-order chi connectivity index (χ0) is 12.4. The van der Waals surface area contributed by atoms with Crippen LogP contribution in [0.4, 0.5) is 4.39 Å². The van der Waals surface area contributed by atoms with Gasteiger partial charge in [-0.3, -0.25) is 0 Å². The molecule has 1 nitrogen and oxygen atoms in total. The number of benzene rings is 2. The minimum absolute atomic E-state index is 0.0428. The maximum Gasteiger partial charge on any atom is 0.123 e. The Kier molecular flexibility index (Phi) is 3.25. The average Bonchev–Trinajstić information content (AvgIpc) is 2.28. The van der Waals surface area contributed by atoms with E-state index < -0.39 is 0 Å². The third-order valence-corrected chi connectivity index (χ3v) is 3.01. The van der Waals surface area contributed by atoms with Crippen LogP contribution in [0.25, 0.3) is 11.1 Å². The first-order valence-electron chi connectivity index (χ1n) is 5.58. The van der Waals surface area contributed by atoms with Gasteiger partial charge in [0.25, 0.3) is 0 Å². The van der Waals surface area contributed by atoms with Gasteiger partial charge in [-0.2, -0.15) is 0 Å². The van der Waals surface area contributed by atoms with E-state index in [1.165, 1.54) is 12.1 Å². The number of halogens is 1. The number of aliphatic hydroxyl groups excluding tert-OH is 1. The van der Waals surface area contributed by atoms with E-state index in [2.05, 4.69) is 0 Å². The molecule has 0 amide bonds. The van der Waals surface area contributed by atoms with Crippen molar-refractivity contribution in [2.75, 3.05) is 0 Å². The first-order chi connectivity index (χ1) is 8.11. The molecule has 88 valence electrons. The molecule has 0 atom stereocenters. The second kappa shape index (κ2) is 4.68. The molecule has 1 N–H and O–H groups in total. The zero-order valence-electron chi connectivity index (χ0n) is 10.00. The van der Waals surface area contributed by atoms with E-state index in [1.54, 1.807) is 6.07 Å². The fourth-order valence-electron chi connectivity index (χ4n) is 2.08. The van der Waals surface area contributed by atoms with E-state index in [0.717, 1.165) is 27.8 Å². The van der Waals surface area contributed by atoms with Gasteiger partial charge in [0.1, 0.15) is 5.82 Å². The molecule has 17 heavy (non-hydrogen) atoms. The molecule has 2 aromatic carbocycles. The maximum absolute atomic E-state index is 13.2. The van der Waals surface area contributed by atoms with E-state index in [0.29, 0.717) is 0 Å². The van der Waals surface area contributed by atoms with Crippen molar-refractivity contribution in [3.05, 3.63) is 58.9 Å². The molecule has 0 fully saturated rings. The molecule has 0 saturated carbocycles. The summed E-state index contributed by atoms with van der Waals surface area (Å²) in [6.07, 6.45) is 0. The quantitative estimate of drug-likeness (QED) is 0.835. The molecule has 0 radical (unpaired) electrons. The number of hydrogen-bond donors (Lipinski definition) is 1. The average molecular weight is 230 g/mol. The van der Waals surface area contributed by atoms with Crippen molar-refractivity contribution in [1.29, 1.82) is 0 Å². The van der Waals surface area contributed by atoms with Crippen molar-refractivity contribution < 1.29 is 9.50 Å². The maximum atomic E-state index is 13.2. The Hall–Kier alpha value is -1.67. The number of aliphatic hydroxyl groups is 1. The normalized spacial score (nSPS) is 10.6. The molecule has 2 rings (SSSR count). The summed E-state index contributed by atoms with van der Waals surface area (Å²) in [7, 11) is 0. The van der Waals surface area contributed by atoms with E-state index in [1.807, 2.05) is 32.0 Å². The Bertz CT molecular complexity index is 523. The standard InChI is InChI=1S/C15H15FO/c1-10-6-13(7-11(2)15(10)9-17)12-4-3-5-14(16)8-12/h3-8,17H,9H2,1-2H3. The minimum atomic E-state index is -0.232. The second-order valence-corrected chi connectivity index (χ2v) is 4.26. The molecular formula is C15H15FO. The molecule has 0 heterocycles. The van der Waals surface area contributed by atoms with Crippen LogP contribution in [0, 0.1) is 19.7 Å². The molecule has 2 aromatic rings. The summed E-state index contributed by atoms with van der Waals surface area (Å²) in [6, 6.07) is 10.5. The van der Waals surface area contributed by atoms with Crippen LogP contribution >= 0.6 is 0 Å². The van der Waals surface area contributed by atoms with Gasteiger partial charge >= 0.3 is 0 Å². The molecule has 0 unspecified atom stereocenters. The van der Waals surface area contributed by atoms with Gasteiger partial charge in [0.05, 0.1) is 6.61 Å². The van der Waals surface area contributed by atoms with Crippen LogP contribution in [0.1, 0.15) is 16.7 Å². The summed E-state index contributed by atoms with van der Waals surface area (Å²) in [5.74, 6) is -0.232. The van der Waals surface area contributed by atoms with Gasteiger partial charge in [0.15, 0.2) is 0 Å². The highest BCUT2D eigenvalue weighted by Crippen LogP contribution is 2.25. The smallest absolute Gasteiger partial charge is 0.123 e. The van der Waals surface area contributed by atoms with Crippen molar-refractivity contribution in [2.24, 2.45) is 0 Å². The Balaban J connectivity index is 2.54. The summed E-state index contributed by atoms with van der Waals surface area (Å²) in [5, 5.41) is 9.24. The monoisotopic (exact) mass is 230 g/mol. The zero-order valence-corrected chi connectivity index (χ0v) is 10.00. The van der Waals surface area contributed by atoms with E-state index in [-0.39, 0.29) is 12.4 Å². The lowest BCUT2D eigenvalue weighted by Crippen LogP contribution is -1.94. The van der Waals surface area contributed by atoms with Gasteiger partial charge in [-0.15, -0.1) is 0 Å². The molecule has 0 saturated heterocycles. The molecule has 0 aliphatic rings. The highest BCUT2D eigenvalue weighted by molar-refractivity contribution is 5.66. The Labute approximate surface area is 101 Å². The lowest BCUT2D eigenvalue weighted by Gasteiger charge is -2.10. The van der Waals surface area contributed by atoms with E-state index in [9.17, 15) is 9.50 Å². The van der Waals surface area contributed by atoms with Crippen LogP contribution < -0.4 is 0 Å².